The molecular weight excluding hydrogens is 246 g/mol. The molecule has 1 aliphatic carbocycles. The first-order chi connectivity index (χ1) is 9.74. The van der Waals surface area contributed by atoms with E-state index in [9.17, 15) is 0 Å². The highest BCUT2D eigenvalue weighted by molar-refractivity contribution is 5.38. The van der Waals surface area contributed by atoms with Crippen LogP contribution in [0.4, 0.5) is 0 Å². The maximum atomic E-state index is 6.24. The highest BCUT2D eigenvalue weighted by atomic mass is 16.5. The summed E-state index contributed by atoms with van der Waals surface area (Å²) in [5, 5.41) is 0. The largest absolute Gasteiger partial charge is 0.489 e. The number of ether oxygens (including phenoxy) is 1. The molecule has 2 heteroatoms. The van der Waals surface area contributed by atoms with Crippen LogP contribution in [0.25, 0.3) is 0 Å². The quantitative estimate of drug-likeness (QED) is 0.889. The van der Waals surface area contributed by atoms with E-state index in [1.807, 2.05) is 18.2 Å². The third kappa shape index (κ3) is 3.02. The molecule has 1 aliphatic rings. The summed E-state index contributed by atoms with van der Waals surface area (Å²) >= 11 is 0. The summed E-state index contributed by atoms with van der Waals surface area (Å²) in [5.41, 5.74) is 9.82. The molecule has 2 N–H and O–H groups in total. The highest BCUT2D eigenvalue weighted by Gasteiger charge is 2.29. The Labute approximate surface area is 120 Å². The van der Waals surface area contributed by atoms with Crippen LogP contribution in [-0.2, 0) is 6.61 Å². The van der Waals surface area contributed by atoms with Gasteiger partial charge in [0.05, 0.1) is 0 Å². The fourth-order valence-corrected chi connectivity index (χ4v) is 2.50. The lowest BCUT2D eigenvalue weighted by Gasteiger charge is -2.14. The van der Waals surface area contributed by atoms with Gasteiger partial charge < -0.3 is 10.5 Å². The smallest absolute Gasteiger partial charge is 0.122 e. The first kappa shape index (κ1) is 13.2. The molecule has 1 saturated carbocycles. The van der Waals surface area contributed by atoms with E-state index in [1.165, 1.54) is 24.0 Å². The van der Waals surface area contributed by atoms with E-state index in [2.05, 4.69) is 37.3 Å². The molecule has 0 saturated heterocycles. The summed E-state index contributed by atoms with van der Waals surface area (Å²) in [5.74, 6) is 1.63. The number of benzene rings is 2. The number of rotatable bonds is 5. The molecule has 0 aromatic heterocycles. The van der Waals surface area contributed by atoms with Crippen molar-refractivity contribution in [3.63, 3.8) is 0 Å². The molecule has 0 spiro atoms. The second-order valence-electron chi connectivity index (χ2n) is 5.66. The average Bonchev–Trinajstić information content (AvgIpc) is 3.31. The van der Waals surface area contributed by atoms with Crippen LogP contribution < -0.4 is 10.5 Å². The van der Waals surface area contributed by atoms with Crippen molar-refractivity contribution < 1.29 is 4.74 Å². The normalized spacial score (nSPS) is 15.9. The molecular formula is C18H21NO. The summed E-state index contributed by atoms with van der Waals surface area (Å²) in [6, 6.07) is 16.8. The molecule has 1 fully saturated rings. The van der Waals surface area contributed by atoms with Crippen molar-refractivity contribution in [2.45, 2.75) is 32.4 Å². The van der Waals surface area contributed by atoms with Gasteiger partial charge >= 0.3 is 0 Å². The lowest BCUT2D eigenvalue weighted by molar-refractivity contribution is 0.304. The van der Waals surface area contributed by atoms with Crippen molar-refractivity contribution in [2.24, 2.45) is 11.7 Å². The van der Waals surface area contributed by atoms with Crippen molar-refractivity contribution in [1.29, 1.82) is 0 Å². The van der Waals surface area contributed by atoms with Gasteiger partial charge in [-0.1, -0.05) is 42.5 Å². The monoisotopic (exact) mass is 267 g/mol. The van der Waals surface area contributed by atoms with Crippen molar-refractivity contribution in [3.05, 3.63) is 65.2 Å². The van der Waals surface area contributed by atoms with Gasteiger partial charge in [0.25, 0.3) is 0 Å². The maximum absolute atomic E-state index is 6.24. The SMILES string of the molecule is Cc1cc(C(N)C2CC2)ccc1OCc1ccccc1. The second-order valence-corrected chi connectivity index (χ2v) is 5.66. The molecule has 2 aromatic carbocycles. The Morgan fingerprint density at radius 1 is 1.15 bits per heavy atom. The Bertz CT molecular complexity index is 575. The number of hydrogen-bond acceptors (Lipinski definition) is 2. The number of hydrogen-bond donors (Lipinski definition) is 1. The van der Waals surface area contributed by atoms with Gasteiger partial charge in [-0.3, -0.25) is 0 Å². The Balaban J connectivity index is 1.68. The summed E-state index contributed by atoms with van der Waals surface area (Å²) in [4.78, 5) is 0. The van der Waals surface area contributed by atoms with Crippen LogP contribution in [-0.4, -0.2) is 0 Å². The van der Waals surface area contributed by atoms with Crippen molar-refractivity contribution in [2.75, 3.05) is 0 Å². The predicted octanol–water partition coefficient (Wildman–Crippen LogP) is 3.98. The lowest BCUT2D eigenvalue weighted by atomic mass is 10.0. The van der Waals surface area contributed by atoms with E-state index in [0.29, 0.717) is 12.5 Å². The van der Waals surface area contributed by atoms with Crippen LogP contribution in [0.2, 0.25) is 0 Å². The minimum atomic E-state index is 0.192. The third-order valence-corrected chi connectivity index (χ3v) is 3.95. The second kappa shape index (κ2) is 5.68. The summed E-state index contributed by atoms with van der Waals surface area (Å²) in [7, 11) is 0. The molecule has 2 aromatic rings. The van der Waals surface area contributed by atoms with Crippen LogP contribution in [0.15, 0.2) is 48.5 Å². The zero-order valence-electron chi connectivity index (χ0n) is 11.9. The Morgan fingerprint density at radius 3 is 2.55 bits per heavy atom. The Hall–Kier alpha value is -1.80. The molecule has 0 radical (unpaired) electrons. The fourth-order valence-electron chi connectivity index (χ4n) is 2.50. The lowest BCUT2D eigenvalue weighted by Crippen LogP contribution is -2.12. The van der Waals surface area contributed by atoms with Crippen LogP contribution in [0.1, 0.15) is 35.6 Å². The van der Waals surface area contributed by atoms with Crippen LogP contribution >= 0.6 is 0 Å². The van der Waals surface area contributed by atoms with E-state index >= 15 is 0 Å². The molecule has 3 rings (SSSR count). The van der Waals surface area contributed by atoms with Gasteiger partial charge in [0.1, 0.15) is 12.4 Å². The van der Waals surface area contributed by atoms with Crippen molar-refractivity contribution in [3.8, 4) is 5.75 Å². The van der Waals surface area contributed by atoms with Gasteiger partial charge in [-0.15, -0.1) is 0 Å². The van der Waals surface area contributed by atoms with E-state index in [-0.39, 0.29) is 6.04 Å². The summed E-state index contributed by atoms with van der Waals surface area (Å²) in [6.07, 6.45) is 2.54. The van der Waals surface area contributed by atoms with Crippen molar-refractivity contribution >= 4 is 0 Å². The van der Waals surface area contributed by atoms with Gasteiger partial charge in [0, 0.05) is 6.04 Å². The van der Waals surface area contributed by atoms with Crippen LogP contribution in [0.5, 0.6) is 5.75 Å². The first-order valence-corrected chi connectivity index (χ1v) is 7.27. The average molecular weight is 267 g/mol. The summed E-state index contributed by atoms with van der Waals surface area (Å²) < 4.78 is 5.89. The molecule has 1 unspecified atom stereocenters. The molecule has 2 nitrogen and oxygen atoms in total. The van der Waals surface area contributed by atoms with Crippen LogP contribution in [0, 0.1) is 12.8 Å². The van der Waals surface area contributed by atoms with Crippen molar-refractivity contribution in [1.82, 2.24) is 0 Å². The standard InChI is InChI=1S/C18H21NO/c1-13-11-16(18(19)15-7-8-15)9-10-17(13)20-12-14-5-3-2-4-6-14/h2-6,9-11,15,18H,7-8,12,19H2,1H3. The predicted molar refractivity (Wildman–Crippen MR) is 81.6 cm³/mol. The van der Waals surface area contributed by atoms with Gasteiger partial charge in [0.15, 0.2) is 0 Å². The zero-order valence-corrected chi connectivity index (χ0v) is 11.9. The fraction of sp³-hybridized carbons (Fsp3) is 0.333. The maximum Gasteiger partial charge on any atom is 0.122 e. The Kier molecular flexibility index (Phi) is 3.75. The molecule has 0 heterocycles. The van der Waals surface area contributed by atoms with E-state index in [1.54, 1.807) is 0 Å². The molecule has 20 heavy (non-hydrogen) atoms. The molecule has 0 bridgehead atoms. The number of nitrogens with two attached hydrogens (primary N) is 1. The molecule has 0 aliphatic heterocycles. The van der Waals surface area contributed by atoms with E-state index in [0.717, 1.165) is 11.3 Å². The first-order valence-electron chi connectivity index (χ1n) is 7.27. The van der Waals surface area contributed by atoms with E-state index in [4.69, 9.17) is 10.5 Å². The minimum absolute atomic E-state index is 0.192. The van der Waals surface area contributed by atoms with Gasteiger partial charge in [-0.25, -0.2) is 0 Å². The zero-order chi connectivity index (χ0) is 13.9. The highest BCUT2D eigenvalue weighted by Crippen LogP contribution is 2.40. The van der Waals surface area contributed by atoms with Crippen LogP contribution in [0.3, 0.4) is 0 Å². The van der Waals surface area contributed by atoms with Gasteiger partial charge in [-0.05, 0) is 48.4 Å². The molecule has 104 valence electrons. The van der Waals surface area contributed by atoms with E-state index < -0.39 is 0 Å². The molecule has 1 atom stereocenters. The minimum Gasteiger partial charge on any atom is -0.489 e. The molecule has 0 amide bonds. The topological polar surface area (TPSA) is 35.2 Å². The van der Waals surface area contributed by atoms with Gasteiger partial charge in [0.2, 0.25) is 0 Å². The van der Waals surface area contributed by atoms with Gasteiger partial charge in [-0.2, -0.15) is 0 Å². The Morgan fingerprint density at radius 2 is 1.90 bits per heavy atom. The summed E-state index contributed by atoms with van der Waals surface area (Å²) in [6.45, 7) is 2.69. The third-order valence-electron chi connectivity index (χ3n) is 3.95. The number of aryl methyl sites for hydroxylation is 1.